The van der Waals surface area contributed by atoms with Gasteiger partial charge in [0.2, 0.25) is 0 Å². The average molecular weight is 304 g/mol. The molecule has 1 aliphatic rings. The molecule has 0 radical (unpaired) electrons. The number of thioether (sulfide) groups is 1. The molecule has 0 bridgehead atoms. The van der Waals surface area contributed by atoms with Crippen LogP contribution >= 0.6 is 11.8 Å². The smallest absolute Gasteiger partial charge is 0.253 e. The van der Waals surface area contributed by atoms with Crippen LogP contribution in [-0.2, 0) is 0 Å². The van der Waals surface area contributed by atoms with E-state index in [1.54, 1.807) is 18.0 Å². The summed E-state index contributed by atoms with van der Waals surface area (Å²) in [6.07, 6.45) is 2.58. The van der Waals surface area contributed by atoms with Crippen LogP contribution in [0.3, 0.4) is 0 Å². The molecule has 1 N–H and O–H groups in total. The first-order chi connectivity index (χ1) is 10.1. The summed E-state index contributed by atoms with van der Waals surface area (Å²) in [5, 5.41) is 18.5. The third-order valence-corrected chi connectivity index (χ3v) is 4.72. The Morgan fingerprint density at radius 2 is 2.33 bits per heavy atom. The minimum atomic E-state index is -0.280. The molecule has 1 amide bonds. The van der Waals surface area contributed by atoms with Crippen LogP contribution in [0.2, 0.25) is 0 Å². The van der Waals surface area contributed by atoms with Crippen molar-refractivity contribution in [2.24, 2.45) is 5.92 Å². The molecular formula is C16H20N2O2S. The molecule has 5 heteroatoms. The van der Waals surface area contributed by atoms with Crippen molar-refractivity contribution in [2.75, 3.05) is 19.3 Å². The molecule has 0 aliphatic heterocycles. The normalized spacial score (nSPS) is 21.0. The number of nitriles is 1. The molecule has 0 saturated heterocycles. The summed E-state index contributed by atoms with van der Waals surface area (Å²) in [4.78, 5) is 15.1. The largest absolute Gasteiger partial charge is 0.393 e. The van der Waals surface area contributed by atoms with E-state index in [1.807, 2.05) is 18.2 Å². The molecule has 4 nitrogen and oxygen atoms in total. The fourth-order valence-electron chi connectivity index (χ4n) is 2.72. The van der Waals surface area contributed by atoms with Crippen LogP contribution in [0.4, 0.5) is 0 Å². The summed E-state index contributed by atoms with van der Waals surface area (Å²) in [6.45, 7) is 0.593. The van der Waals surface area contributed by atoms with Gasteiger partial charge in [-0.25, -0.2) is 0 Å². The van der Waals surface area contributed by atoms with Crippen LogP contribution in [0, 0.1) is 17.2 Å². The summed E-state index contributed by atoms with van der Waals surface area (Å²) in [5.41, 5.74) is 0.632. The van der Waals surface area contributed by atoms with Gasteiger partial charge in [-0.2, -0.15) is 5.26 Å². The van der Waals surface area contributed by atoms with Gasteiger partial charge in [-0.3, -0.25) is 4.79 Å². The van der Waals surface area contributed by atoms with Gasteiger partial charge in [0.15, 0.2) is 0 Å². The van der Waals surface area contributed by atoms with E-state index >= 15 is 0 Å². The van der Waals surface area contributed by atoms with E-state index in [2.05, 4.69) is 6.07 Å². The van der Waals surface area contributed by atoms with Crippen LogP contribution < -0.4 is 0 Å². The molecule has 2 unspecified atom stereocenters. The highest BCUT2D eigenvalue weighted by Gasteiger charge is 2.27. The Hall–Kier alpha value is -1.51. The highest BCUT2D eigenvalue weighted by molar-refractivity contribution is 7.99. The lowest BCUT2D eigenvalue weighted by Gasteiger charge is -2.23. The van der Waals surface area contributed by atoms with Gasteiger partial charge in [0.05, 0.1) is 17.9 Å². The van der Waals surface area contributed by atoms with Crippen LogP contribution in [0.15, 0.2) is 29.2 Å². The van der Waals surface area contributed by atoms with E-state index in [1.165, 1.54) is 11.8 Å². The molecule has 1 aromatic carbocycles. The third kappa shape index (κ3) is 4.23. The highest BCUT2D eigenvalue weighted by Crippen LogP contribution is 2.26. The zero-order valence-electron chi connectivity index (χ0n) is 12.2. The second-order valence-corrected chi connectivity index (χ2v) is 6.47. The van der Waals surface area contributed by atoms with E-state index in [4.69, 9.17) is 5.26 Å². The Bertz CT molecular complexity index is 541. The first-order valence-corrected chi connectivity index (χ1v) is 8.13. The van der Waals surface area contributed by atoms with E-state index in [-0.39, 0.29) is 17.9 Å². The summed E-state index contributed by atoms with van der Waals surface area (Å²) in [6, 6.07) is 9.44. The number of amides is 1. The van der Waals surface area contributed by atoms with Gasteiger partial charge in [0.1, 0.15) is 0 Å². The summed E-state index contributed by atoms with van der Waals surface area (Å²) in [7, 11) is 1.78. The molecular weight excluding hydrogens is 284 g/mol. The molecule has 21 heavy (non-hydrogen) atoms. The minimum absolute atomic E-state index is 0.0338. The molecule has 1 saturated carbocycles. The van der Waals surface area contributed by atoms with Crippen LogP contribution in [0.5, 0.6) is 0 Å². The Labute approximate surface area is 129 Å². The van der Waals surface area contributed by atoms with Gasteiger partial charge in [0, 0.05) is 30.0 Å². The van der Waals surface area contributed by atoms with Crippen molar-refractivity contribution >= 4 is 17.7 Å². The molecule has 0 aromatic heterocycles. The Balaban J connectivity index is 2.00. The second kappa shape index (κ2) is 7.48. The maximum atomic E-state index is 12.4. The maximum Gasteiger partial charge on any atom is 0.253 e. The molecule has 2 atom stereocenters. The molecule has 2 rings (SSSR count). The number of nitrogens with zero attached hydrogens (tertiary/aromatic N) is 2. The maximum absolute atomic E-state index is 12.4. The SMILES string of the molecule is CN(CC1CCCC1O)C(=O)c1cccc(SCC#N)c1. The van der Waals surface area contributed by atoms with Crippen molar-refractivity contribution in [3.8, 4) is 6.07 Å². The molecule has 0 heterocycles. The van der Waals surface area contributed by atoms with Crippen molar-refractivity contribution in [2.45, 2.75) is 30.3 Å². The van der Waals surface area contributed by atoms with Crippen molar-refractivity contribution in [3.63, 3.8) is 0 Å². The fraction of sp³-hybridized carbons (Fsp3) is 0.500. The Morgan fingerprint density at radius 1 is 1.52 bits per heavy atom. The van der Waals surface area contributed by atoms with Gasteiger partial charge < -0.3 is 10.0 Å². The van der Waals surface area contributed by atoms with E-state index in [0.29, 0.717) is 17.9 Å². The van der Waals surface area contributed by atoms with Crippen LogP contribution in [0.25, 0.3) is 0 Å². The van der Waals surface area contributed by atoms with Gasteiger partial charge >= 0.3 is 0 Å². The molecule has 112 valence electrons. The van der Waals surface area contributed by atoms with Gasteiger partial charge in [-0.1, -0.05) is 12.5 Å². The predicted octanol–water partition coefficient (Wildman–Crippen LogP) is 2.54. The van der Waals surface area contributed by atoms with Crippen LogP contribution in [0.1, 0.15) is 29.6 Å². The number of aliphatic hydroxyl groups is 1. The lowest BCUT2D eigenvalue weighted by molar-refractivity contribution is 0.0693. The molecule has 1 aromatic rings. The summed E-state index contributed by atoms with van der Waals surface area (Å²) >= 11 is 1.43. The van der Waals surface area contributed by atoms with Gasteiger partial charge in [-0.05, 0) is 31.0 Å². The third-order valence-electron chi connectivity index (χ3n) is 3.86. The topological polar surface area (TPSA) is 64.3 Å². The number of aliphatic hydroxyl groups excluding tert-OH is 1. The quantitative estimate of drug-likeness (QED) is 0.849. The van der Waals surface area contributed by atoms with Crippen molar-refractivity contribution in [3.05, 3.63) is 29.8 Å². The standard InChI is InChI=1S/C16H20N2O2S/c1-18(11-13-5-3-7-15(13)19)16(20)12-4-2-6-14(10-12)21-9-8-17/h2,4,6,10,13,15,19H,3,5,7,9,11H2,1H3. The van der Waals surface area contributed by atoms with Crippen molar-refractivity contribution < 1.29 is 9.90 Å². The first kappa shape index (κ1) is 15.9. The Kier molecular flexibility index (Phi) is 5.66. The van der Waals surface area contributed by atoms with Gasteiger partial charge in [-0.15, -0.1) is 11.8 Å². The van der Waals surface area contributed by atoms with Crippen molar-refractivity contribution in [1.82, 2.24) is 4.90 Å². The highest BCUT2D eigenvalue weighted by atomic mass is 32.2. The summed E-state index contributed by atoms with van der Waals surface area (Å²) < 4.78 is 0. The molecule has 1 aliphatic carbocycles. The fourth-order valence-corrected chi connectivity index (χ4v) is 3.34. The van der Waals surface area contributed by atoms with E-state index < -0.39 is 0 Å². The Morgan fingerprint density at radius 3 is 3.00 bits per heavy atom. The number of carbonyl (C=O) groups is 1. The van der Waals surface area contributed by atoms with Gasteiger partial charge in [0.25, 0.3) is 5.91 Å². The lowest BCUT2D eigenvalue weighted by atomic mass is 10.1. The predicted molar refractivity (Wildman–Crippen MR) is 83.1 cm³/mol. The van der Waals surface area contributed by atoms with E-state index in [9.17, 15) is 9.90 Å². The average Bonchev–Trinajstić information content (AvgIpc) is 2.90. The minimum Gasteiger partial charge on any atom is -0.393 e. The number of rotatable bonds is 5. The second-order valence-electron chi connectivity index (χ2n) is 5.42. The number of carbonyl (C=O) groups excluding carboxylic acids is 1. The van der Waals surface area contributed by atoms with Crippen LogP contribution in [-0.4, -0.2) is 41.4 Å². The summed E-state index contributed by atoms with van der Waals surface area (Å²) in [5.74, 6) is 0.533. The first-order valence-electron chi connectivity index (χ1n) is 7.15. The monoisotopic (exact) mass is 304 g/mol. The van der Waals surface area contributed by atoms with E-state index in [0.717, 1.165) is 24.2 Å². The number of hydrogen-bond acceptors (Lipinski definition) is 4. The van der Waals surface area contributed by atoms with Crippen molar-refractivity contribution in [1.29, 1.82) is 5.26 Å². The number of hydrogen-bond donors (Lipinski definition) is 1. The zero-order chi connectivity index (χ0) is 15.2. The molecule has 1 fully saturated rings. The lowest BCUT2D eigenvalue weighted by Crippen LogP contribution is -2.34. The number of benzene rings is 1. The molecule has 0 spiro atoms. The zero-order valence-corrected chi connectivity index (χ0v) is 13.0.